The molecule has 98 valence electrons. The van der Waals surface area contributed by atoms with Gasteiger partial charge in [0.2, 0.25) is 0 Å². The fourth-order valence-electron chi connectivity index (χ4n) is 1.31. The summed E-state index contributed by atoms with van der Waals surface area (Å²) in [5.74, 6) is 0.491. The van der Waals surface area contributed by atoms with Crippen LogP contribution in [0.25, 0.3) is 6.08 Å². The van der Waals surface area contributed by atoms with E-state index in [9.17, 15) is 4.79 Å². The highest BCUT2D eigenvalue weighted by Gasteiger charge is 1.96. The molecule has 0 radical (unpaired) electrons. The number of phenols is 2. The highest BCUT2D eigenvalue weighted by Crippen LogP contribution is 2.10. The Morgan fingerprint density at radius 3 is 1.74 bits per heavy atom. The van der Waals surface area contributed by atoms with Gasteiger partial charge in [-0.3, -0.25) is 4.79 Å². The van der Waals surface area contributed by atoms with E-state index in [4.69, 9.17) is 10.2 Å². The van der Waals surface area contributed by atoms with E-state index in [2.05, 4.69) is 6.58 Å². The molecule has 2 aromatic carbocycles. The number of hydrogen-bond donors (Lipinski definition) is 2. The molecular weight excluding hydrogens is 240 g/mol. The molecule has 2 aromatic rings. The number of benzene rings is 2. The maximum absolute atomic E-state index is 10.7. The first kappa shape index (κ1) is 14.5. The van der Waals surface area contributed by atoms with Crippen molar-refractivity contribution < 1.29 is 15.0 Å². The van der Waals surface area contributed by atoms with Crippen LogP contribution in [-0.2, 0) is 0 Å². The molecule has 0 aromatic heterocycles. The Balaban J connectivity index is 0.000000191. The smallest absolute Gasteiger partial charge is 0.159 e. The highest BCUT2D eigenvalue weighted by atomic mass is 16.3. The Hall–Kier alpha value is -2.55. The van der Waals surface area contributed by atoms with Crippen LogP contribution in [0, 0.1) is 0 Å². The average molecular weight is 256 g/mol. The molecule has 0 spiro atoms. The second-order valence-electron chi connectivity index (χ2n) is 3.90. The van der Waals surface area contributed by atoms with E-state index in [0.29, 0.717) is 11.3 Å². The molecule has 0 aliphatic rings. The van der Waals surface area contributed by atoms with Gasteiger partial charge in [-0.1, -0.05) is 24.8 Å². The lowest BCUT2D eigenvalue weighted by atomic mass is 10.1. The van der Waals surface area contributed by atoms with Crippen molar-refractivity contribution in [3.8, 4) is 11.5 Å². The maximum atomic E-state index is 10.7. The molecule has 0 amide bonds. The fraction of sp³-hybridized carbons (Fsp3) is 0.0625. The summed E-state index contributed by atoms with van der Waals surface area (Å²) in [7, 11) is 0. The molecule has 0 aliphatic heterocycles. The lowest BCUT2D eigenvalue weighted by molar-refractivity contribution is 0.101. The lowest BCUT2D eigenvalue weighted by Gasteiger charge is -1.93. The van der Waals surface area contributed by atoms with Gasteiger partial charge in [0.05, 0.1) is 0 Å². The predicted octanol–water partition coefficient (Wildman–Crippen LogP) is 3.63. The Labute approximate surface area is 112 Å². The first-order valence-electron chi connectivity index (χ1n) is 5.74. The van der Waals surface area contributed by atoms with Crippen molar-refractivity contribution in [3.63, 3.8) is 0 Å². The zero-order valence-corrected chi connectivity index (χ0v) is 10.7. The molecule has 2 rings (SSSR count). The number of phenolic OH excluding ortho intramolecular Hbond substituents is 2. The van der Waals surface area contributed by atoms with E-state index in [1.54, 1.807) is 30.3 Å². The third kappa shape index (κ3) is 5.08. The van der Waals surface area contributed by atoms with Gasteiger partial charge in [-0.2, -0.15) is 0 Å². The standard InChI is InChI=1S/C8H8O2.C8H8O/c1-6(9)7-2-4-8(10)5-3-7;1-2-7-3-5-8(9)6-4-7/h2-5,10H,1H3;2-6,9H,1H2. The monoisotopic (exact) mass is 256 g/mol. The van der Waals surface area contributed by atoms with Crippen LogP contribution >= 0.6 is 0 Å². The van der Waals surface area contributed by atoms with Gasteiger partial charge in [0, 0.05) is 5.56 Å². The van der Waals surface area contributed by atoms with E-state index in [1.165, 1.54) is 19.1 Å². The summed E-state index contributed by atoms with van der Waals surface area (Å²) in [6.45, 7) is 5.07. The van der Waals surface area contributed by atoms with E-state index in [1.807, 2.05) is 12.1 Å². The topological polar surface area (TPSA) is 57.5 Å². The van der Waals surface area contributed by atoms with Gasteiger partial charge >= 0.3 is 0 Å². The van der Waals surface area contributed by atoms with Crippen molar-refractivity contribution >= 4 is 11.9 Å². The highest BCUT2D eigenvalue weighted by molar-refractivity contribution is 5.94. The predicted molar refractivity (Wildman–Crippen MR) is 76.3 cm³/mol. The van der Waals surface area contributed by atoms with Crippen LogP contribution in [-0.4, -0.2) is 16.0 Å². The van der Waals surface area contributed by atoms with Crippen molar-refractivity contribution in [2.75, 3.05) is 0 Å². The minimum atomic E-state index is 0.0139. The number of aromatic hydroxyl groups is 2. The van der Waals surface area contributed by atoms with Crippen molar-refractivity contribution in [2.45, 2.75) is 6.92 Å². The Morgan fingerprint density at radius 2 is 1.37 bits per heavy atom. The van der Waals surface area contributed by atoms with Gasteiger partial charge in [0.1, 0.15) is 11.5 Å². The largest absolute Gasteiger partial charge is 0.508 e. The molecule has 0 heterocycles. The number of rotatable bonds is 2. The van der Waals surface area contributed by atoms with Crippen molar-refractivity contribution in [3.05, 3.63) is 66.2 Å². The average Bonchev–Trinajstić information content (AvgIpc) is 2.41. The second-order valence-corrected chi connectivity index (χ2v) is 3.90. The third-order valence-corrected chi connectivity index (χ3v) is 2.40. The van der Waals surface area contributed by atoms with Crippen molar-refractivity contribution in [1.29, 1.82) is 0 Å². The summed E-state index contributed by atoms with van der Waals surface area (Å²) < 4.78 is 0. The summed E-state index contributed by atoms with van der Waals surface area (Å²) >= 11 is 0. The Kier molecular flexibility index (Phi) is 5.35. The van der Waals surface area contributed by atoms with Gasteiger partial charge < -0.3 is 10.2 Å². The van der Waals surface area contributed by atoms with Gasteiger partial charge in [-0.05, 0) is 48.9 Å². The molecule has 3 heteroatoms. The van der Waals surface area contributed by atoms with Gasteiger partial charge in [0.25, 0.3) is 0 Å². The van der Waals surface area contributed by atoms with Crippen LogP contribution in [0.4, 0.5) is 0 Å². The number of Topliss-reactive ketones (excluding diaryl/α,β-unsaturated/α-hetero) is 1. The van der Waals surface area contributed by atoms with E-state index >= 15 is 0 Å². The van der Waals surface area contributed by atoms with Crippen LogP contribution in [0.2, 0.25) is 0 Å². The van der Waals surface area contributed by atoms with Gasteiger partial charge in [-0.15, -0.1) is 0 Å². The second kappa shape index (κ2) is 7.01. The van der Waals surface area contributed by atoms with Gasteiger partial charge in [-0.25, -0.2) is 0 Å². The number of carbonyl (C=O) groups excluding carboxylic acids is 1. The lowest BCUT2D eigenvalue weighted by Crippen LogP contribution is -1.89. The Morgan fingerprint density at radius 1 is 0.947 bits per heavy atom. The van der Waals surface area contributed by atoms with E-state index in [-0.39, 0.29) is 11.5 Å². The van der Waals surface area contributed by atoms with E-state index in [0.717, 1.165) is 5.56 Å². The van der Waals surface area contributed by atoms with Crippen LogP contribution in [0.15, 0.2) is 55.1 Å². The molecule has 0 atom stereocenters. The van der Waals surface area contributed by atoms with Crippen molar-refractivity contribution in [1.82, 2.24) is 0 Å². The normalized spacial score (nSPS) is 9.11. The zero-order chi connectivity index (χ0) is 14.3. The fourth-order valence-corrected chi connectivity index (χ4v) is 1.31. The number of carbonyl (C=O) groups is 1. The van der Waals surface area contributed by atoms with Crippen LogP contribution < -0.4 is 0 Å². The van der Waals surface area contributed by atoms with Crippen LogP contribution in [0.3, 0.4) is 0 Å². The quantitative estimate of drug-likeness (QED) is 0.807. The molecule has 0 saturated carbocycles. The van der Waals surface area contributed by atoms with Crippen molar-refractivity contribution in [2.24, 2.45) is 0 Å². The summed E-state index contributed by atoms with van der Waals surface area (Å²) in [4.78, 5) is 10.7. The number of hydrogen-bond acceptors (Lipinski definition) is 3. The molecule has 0 aliphatic carbocycles. The SMILES string of the molecule is C=Cc1ccc(O)cc1.CC(=O)c1ccc(O)cc1. The van der Waals surface area contributed by atoms with E-state index < -0.39 is 0 Å². The maximum Gasteiger partial charge on any atom is 0.159 e. The number of ketones is 1. The Bertz CT molecular complexity index is 539. The third-order valence-electron chi connectivity index (χ3n) is 2.40. The molecule has 0 saturated heterocycles. The summed E-state index contributed by atoms with van der Waals surface area (Å²) in [6.07, 6.45) is 1.74. The molecule has 0 unspecified atom stereocenters. The molecule has 3 nitrogen and oxygen atoms in total. The zero-order valence-electron chi connectivity index (χ0n) is 10.7. The minimum Gasteiger partial charge on any atom is -0.508 e. The summed E-state index contributed by atoms with van der Waals surface area (Å²) in [5, 5.41) is 17.6. The molecular formula is C16H16O3. The summed E-state index contributed by atoms with van der Waals surface area (Å²) in [5.41, 5.74) is 1.64. The summed E-state index contributed by atoms with van der Waals surface area (Å²) in [6, 6.07) is 13.1. The molecule has 0 fully saturated rings. The first-order valence-corrected chi connectivity index (χ1v) is 5.74. The van der Waals surface area contributed by atoms with Gasteiger partial charge in [0.15, 0.2) is 5.78 Å². The minimum absolute atomic E-state index is 0.0139. The van der Waals surface area contributed by atoms with Crippen LogP contribution in [0.5, 0.6) is 11.5 Å². The first-order chi connectivity index (χ1) is 9.02. The molecule has 19 heavy (non-hydrogen) atoms. The molecule has 2 N–H and O–H groups in total. The van der Waals surface area contributed by atoms with Crippen LogP contribution in [0.1, 0.15) is 22.8 Å². The molecule has 0 bridgehead atoms.